The zero-order valence-corrected chi connectivity index (χ0v) is 16.2. The van der Waals surface area contributed by atoms with E-state index in [2.05, 4.69) is 32.4 Å². The summed E-state index contributed by atoms with van der Waals surface area (Å²) in [5.41, 5.74) is 1.64. The fourth-order valence-electron chi connectivity index (χ4n) is 3.69. The van der Waals surface area contributed by atoms with Crippen molar-refractivity contribution >= 4 is 17.7 Å². The number of carbonyl (C=O) groups is 1. The normalized spacial score (nSPS) is 21.6. The molecule has 2 N–H and O–H groups in total. The van der Waals surface area contributed by atoms with Crippen LogP contribution in [0, 0.1) is 6.92 Å². The molecule has 2 atom stereocenters. The average Bonchev–Trinajstić information content (AvgIpc) is 2.72. The summed E-state index contributed by atoms with van der Waals surface area (Å²) in [5.74, 6) is 0.788. The van der Waals surface area contributed by atoms with E-state index >= 15 is 0 Å². The van der Waals surface area contributed by atoms with Crippen LogP contribution in [0.5, 0.6) is 0 Å². The van der Waals surface area contributed by atoms with Crippen molar-refractivity contribution in [3.8, 4) is 11.4 Å². The van der Waals surface area contributed by atoms with Crippen molar-refractivity contribution in [3.05, 3.63) is 29.6 Å². The van der Waals surface area contributed by atoms with Gasteiger partial charge in [0, 0.05) is 25.7 Å². The first-order chi connectivity index (χ1) is 14.0. The molecular formula is C19H22F2N6O2. The Morgan fingerprint density at radius 2 is 2.17 bits per heavy atom. The van der Waals surface area contributed by atoms with Crippen molar-refractivity contribution in [3.63, 3.8) is 0 Å². The maximum Gasteiger partial charge on any atom is 0.413 e. The molecule has 29 heavy (non-hydrogen) atoms. The molecule has 0 spiro atoms. The van der Waals surface area contributed by atoms with Crippen LogP contribution >= 0.6 is 0 Å². The Morgan fingerprint density at radius 3 is 2.93 bits per heavy atom. The van der Waals surface area contributed by atoms with Gasteiger partial charge in [0.25, 0.3) is 6.43 Å². The molecule has 2 aromatic rings. The molecule has 0 aliphatic carbocycles. The predicted octanol–water partition coefficient (Wildman–Crippen LogP) is 2.90. The Balaban J connectivity index is 1.77. The van der Waals surface area contributed by atoms with Crippen LogP contribution in [-0.4, -0.2) is 53.1 Å². The van der Waals surface area contributed by atoms with Crippen LogP contribution in [0.3, 0.4) is 0 Å². The standard InChI is InChI=1S/C19H22F2N6O2/c1-3-11-8-27(5-4-22-11)13-7-10(2)6-12(25-13)15-14-16(17(20)21)29-19(28)26-18(14)24-9-23-15/h6-7,9,11,16-17,22H,3-5,8H2,1-2H3,(H,23,24,26,28)/t11-,16?/m0/s1. The topological polar surface area (TPSA) is 92.3 Å². The van der Waals surface area contributed by atoms with E-state index in [-0.39, 0.29) is 17.1 Å². The molecule has 2 aliphatic heterocycles. The van der Waals surface area contributed by atoms with Crippen molar-refractivity contribution in [1.82, 2.24) is 20.3 Å². The van der Waals surface area contributed by atoms with Gasteiger partial charge in [0.05, 0.1) is 11.3 Å². The van der Waals surface area contributed by atoms with E-state index < -0.39 is 18.6 Å². The van der Waals surface area contributed by atoms with E-state index in [4.69, 9.17) is 9.72 Å². The second-order valence-electron chi connectivity index (χ2n) is 7.16. The minimum atomic E-state index is -2.91. The van der Waals surface area contributed by atoms with E-state index in [1.807, 2.05) is 13.0 Å². The van der Waals surface area contributed by atoms with Crippen LogP contribution in [0.1, 0.15) is 30.6 Å². The SMILES string of the molecule is CC[C@H]1CN(c2cc(C)cc(-c3ncnc4c3C(C(F)F)OC(=O)N4)n2)CCN1. The first-order valence-electron chi connectivity index (χ1n) is 9.54. The monoisotopic (exact) mass is 404 g/mol. The summed E-state index contributed by atoms with van der Waals surface area (Å²) in [7, 11) is 0. The van der Waals surface area contributed by atoms with Crippen LogP contribution in [0.4, 0.5) is 25.2 Å². The molecule has 8 nitrogen and oxygen atoms in total. The highest BCUT2D eigenvalue weighted by Crippen LogP contribution is 2.39. The molecule has 10 heteroatoms. The van der Waals surface area contributed by atoms with E-state index in [9.17, 15) is 13.6 Å². The molecule has 0 radical (unpaired) electrons. The summed E-state index contributed by atoms with van der Waals surface area (Å²) in [6, 6.07) is 4.12. The lowest BCUT2D eigenvalue weighted by Crippen LogP contribution is -2.50. The predicted molar refractivity (Wildman–Crippen MR) is 103 cm³/mol. The summed E-state index contributed by atoms with van der Waals surface area (Å²) >= 11 is 0. The van der Waals surface area contributed by atoms with Gasteiger partial charge in [-0.25, -0.2) is 28.5 Å². The minimum absolute atomic E-state index is 0.0228. The molecule has 1 fully saturated rings. The summed E-state index contributed by atoms with van der Waals surface area (Å²) < 4.78 is 32.0. The first kappa shape index (κ1) is 19.4. The highest BCUT2D eigenvalue weighted by Gasteiger charge is 2.37. The molecule has 0 bridgehead atoms. The lowest BCUT2D eigenvalue weighted by molar-refractivity contribution is -0.0170. The number of aromatic nitrogens is 3. The van der Waals surface area contributed by atoms with E-state index in [1.54, 1.807) is 6.07 Å². The highest BCUT2D eigenvalue weighted by atomic mass is 19.3. The minimum Gasteiger partial charge on any atom is -0.435 e. The second-order valence-corrected chi connectivity index (χ2v) is 7.16. The molecule has 4 heterocycles. The number of hydrogen-bond donors (Lipinski definition) is 2. The number of amides is 1. The number of fused-ring (bicyclic) bond motifs is 1. The molecule has 0 saturated carbocycles. The average molecular weight is 404 g/mol. The van der Waals surface area contributed by atoms with Gasteiger partial charge < -0.3 is 15.0 Å². The smallest absolute Gasteiger partial charge is 0.413 e. The first-order valence-corrected chi connectivity index (χ1v) is 9.54. The number of cyclic esters (lactones) is 1. The number of hydrogen-bond acceptors (Lipinski definition) is 7. The van der Waals surface area contributed by atoms with Crippen molar-refractivity contribution in [2.75, 3.05) is 29.9 Å². The number of ether oxygens (including phenoxy) is 1. The fraction of sp³-hybridized carbons (Fsp3) is 0.474. The van der Waals surface area contributed by atoms with Gasteiger partial charge in [0.2, 0.25) is 0 Å². The molecule has 1 saturated heterocycles. The van der Waals surface area contributed by atoms with Crippen LogP contribution in [-0.2, 0) is 4.74 Å². The maximum atomic E-state index is 13.6. The van der Waals surface area contributed by atoms with Crippen molar-refractivity contribution in [1.29, 1.82) is 0 Å². The summed E-state index contributed by atoms with van der Waals surface area (Å²) in [6.07, 6.45) is -3.39. The third-order valence-electron chi connectivity index (χ3n) is 5.12. The Labute approximate surface area is 166 Å². The summed E-state index contributed by atoms with van der Waals surface area (Å²) in [6.45, 7) is 6.51. The molecule has 4 rings (SSSR count). The third kappa shape index (κ3) is 3.84. The van der Waals surface area contributed by atoms with Gasteiger partial charge in [-0.2, -0.15) is 0 Å². The Hall–Kier alpha value is -2.88. The summed E-state index contributed by atoms with van der Waals surface area (Å²) in [4.78, 5) is 26.6. The number of carbonyl (C=O) groups excluding carboxylic acids is 1. The van der Waals surface area contributed by atoms with Gasteiger partial charge in [0.15, 0.2) is 6.10 Å². The number of pyridine rings is 1. The van der Waals surface area contributed by atoms with Gasteiger partial charge >= 0.3 is 6.09 Å². The van der Waals surface area contributed by atoms with E-state index in [0.717, 1.165) is 37.4 Å². The van der Waals surface area contributed by atoms with Crippen LogP contribution in [0.25, 0.3) is 11.4 Å². The van der Waals surface area contributed by atoms with Crippen LogP contribution < -0.4 is 15.5 Å². The summed E-state index contributed by atoms with van der Waals surface area (Å²) in [5, 5.41) is 5.83. The third-order valence-corrected chi connectivity index (χ3v) is 5.12. The number of nitrogens with one attached hydrogen (secondary N) is 2. The zero-order valence-electron chi connectivity index (χ0n) is 16.2. The van der Waals surface area contributed by atoms with Crippen LogP contribution in [0.15, 0.2) is 18.5 Å². The zero-order chi connectivity index (χ0) is 20.5. The number of rotatable bonds is 4. The molecule has 2 aliphatic rings. The Morgan fingerprint density at radius 1 is 1.34 bits per heavy atom. The van der Waals surface area contributed by atoms with Crippen molar-refractivity contribution in [2.45, 2.75) is 38.8 Å². The molecule has 2 aromatic heterocycles. The number of halogens is 2. The molecular weight excluding hydrogens is 382 g/mol. The quantitative estimate of drug-likeness (QED) is 0.809. The number of anilines is 2. The molecule has 0 aromatic carbocycles. The largest absolute Gasteiger partial charge is 0.435 e. The fourth-order valence-corrected chi connectivity index (χ4v) is 3.69. The lowest BCUT2D eigenvalue weighted by atomic mass is 10.0. The number of piperazine rings is 1. The molecule has 154 valence electrons. The van der Waals surface area contributed by atoms with Crippen LogP contribution in [0.2, 0.25) is 0 Å². The highest BCUT2D eigenvalue weighted by molar-refractivity contribution is 5.88. The van der Waals surface area contributed by atoms with Gasteiger partial charge in [0.1, 0.15) is 23.7 Å². The molecule has 1 amide bonds. The van der Waals surface area contributed by atoms with E-state index in [1.165, 1.54) is 6.33 Å². The van der Waals surface area contributed by atoms with Gasteiger partial charge in [-0.05, 0) is 31.0 Å². The van der Waals surface area contributed by atoms with E-state index in [0.29, 0.717) is 11.7 Å². The molecule has 1 unspecified atom stereocenters. The van der Waals surface area contributed by atoms with Gasteiger partial charge in [-0.3, -0.25) is 5.32 Å². The maximum absolute atomic E-state index is 13.6. The van der Waals surface area contributed by atoms with Gasteiger partial charge in [-0.15, -0.1) is 0 Å². The lowest BCUT2D eigenvalue weighted by Gasteiger charge is -2.34. The van der Waals surface area contributed by atoms with Crippen molar-refractivity contribution in [2.24, 2.45) is 0 Å². The van der Waals surface area contributed by atoms with Crippen molar-refractivity contribution < 1.29 is 18.3 Å². The number of alkyl halides is 2. The van der Waals surface area contributed by atoms with Gasteiger partial charge in [-0.1, -0.05) is 6.92 Å². The Kier molecular flexibility index (Phi) is 5.27. The number of aryl methyl sites for hydroxylation is 1. The number of nitrogens with zero attached hydrogens (tertiary/aromatic N) is 4. The Bertz CT molecular complexity index is 926. The second kappa shape index (κ2) is 7.86.